The third-order valence-corrected chi connectivity index (χ3v) is 9.78. The first-order valence-electron chi connectivity index (χ1n) is 17.2. The molecule has 0 aliphatic heterocycles. The molecule has 1 amide bonds. The molecule has 0 saturated heterocycles. The maximum Gasteiger partial charge on any atom is 0.424 e. The van der Waals surface area contributed by atoms with Gasteiger partial charge >= 0.3 is 18.2 Å². The molecule has 3 aromatic carbocycles. The van der Waals surface area contributed by atoms with Crippen LogP contribution in [0.15, 0.2) is 90.0 Å². The average molecular weight is 817 g/mol. The summed E-state index contributed by atoms with van der Waals surface area (Å²) in [6.07, 6.45) is -4.77. The molecule has 2 aromatic heterocycles. The Kier molecular flexibility index (Phi) is 12.4. The van der Waals surface area contributed by atoms with E-state index in [1.54, 1.807) is 82.4 Å². The van der Waals surface area contributed by atoms with Gasteiger partial charge in [0, 0.05) is 35.7 Å². The second-order valence-electron chi connectivity index (χ2n) is 14.1. The number of anilines is 3. The summed E-state index contributed by atoms with van der Waals surface area (Å²) in [4.78, 5) is 30.8. The van der Waals surface area contributed by atoms with Crippen molar-refractivity contribution in [2.75, 3.05) is 29.9 Å². The summed E-state index contributed by atoms with van der Waals surface area (Å²) in [6.45, 7) is 4.06. The fourth-order valence-corrected chi connectivity index (χ4v) is 5.90. The lowest BCUT2D eigenvalue weighted by molar-refractivity contribution is -0.156. The monoisotopic (exact) mass is 816 g/mol. The fraction of sp³-hybridized carbons (Fsp3) is 0.316. The molecule has 0 saturated carbocycles. The second-order valence-corrected chi connectivity index (χ2v) is 16.1. The van der Waals surface area contributed by atoms with Crippen LogP contribution in [-0.2, 0) is 24.1 Å². The minimum Gasteiger partial charge on any atom is -0.482 e. The van der Waals surface area contributed by atoms with Crippen LogP contribution in [0.1, 0.15) is 39.2 Å². The number of ether oxygens (including phenoxy) is 3. The summed E-state index contributed by atoms with van der Waals surface area (Å²) in [7, 11) is -3.96. The number of amides is 1. The number of nitrogens with two attached hydrogens (primary N) is 1. The van der Waals surface area contributed by atoms with Gasteiger partial charge in [-0.25, -0.2) is 27.0 Å². The van der Waals surface area contributed by atoms with Crippen LogP contribution in [0.25, 0.3) is 16.8 Å². The van der Waals surface area contributed by atoms with E-state index in [0.717, 1.165) is 30.0 Å². The van der Waals surface area contributed by atoms with Gasteiger partial charge in [0.1, 0.15) is 23.8 Å². The molecule has 0 spiro atoms. The third kappa shape index (κ3) is 10.7. The molecule has 2 heterocycles. The van der Waals surface area contributed by atoms with Crippen molar-refractivity contribution in [2.45, 2.75) is 57.0 Å². The quantitative estimate of drug-likeness (QED) is 0.0661. The summed E-state index contributed by atoms with van der Waals surface area (Å²) in [5.74, 6) is -2.75. The molecule has 5 rings (SSSR count). The van der Waals surface area contributed by atoms with Crippen LogP contribution in [0.4, 0.5) is 39.7 Å². The topological polar surface area (TPSA) is 188 Å². The van der Waals surface area contributed by atoms with Crippen molar-refractivity contribution < 1.29 is 54.9 Å². The first-order chi connectivity index (χ1) is 26.6. The molecule has 0 radical (unpaired) electrons. The van der Waals surface area contributed by atoms with Gasteiger partial charge in [0.25, 0.3) is 5.95 Å². The lowest BCUT2D eigenvalue weighted by atomic mass is 9.87. The minimum absolute atomic E-state index is 0.177. The number of aromatic nitrogens is 3. The summed E-state index contributed by atoms with van der Waals surface area (Å²) >= 11 is 0. The number of aliphatic hydroxyl groups is 1. The first kappa shape index (κ1) is 42.4. The molecule has 1 unspecified atom stereocenters. The van der Waals surface area contributed by atoms with Crippen molar-refractivity contribution in [3.05, 3.63) is 96.4 Å². The van der Waals surface area contributed by atoms with Gasteiger partial charge < -0.3 is 30.4 Å². The third-order valence-electron chi connectivity index (χ3n) is 8.67. The van der Waals surface area contributed by atoms with Crippen LogP contribution in [0, 0.1) is 11.2 Å². The number of fused-ring (bicyclic) bond motifs is 1. The molecule has 5 aromatic rings. The standard InChI is InChI=1S/C38H40F4N6O8S/c1-22(23-6-11-26(39)12-7-23)33(49)44-27-13-8-24(9-14-27)25-10-17-31-45-35(46-47(31)19-25)48(36(51)56-21-55-34(50)32(43)37(2,3)4)29-16-15-28(57(5,52)53)18-30(29)54-20-38(40,41)42/h6-19,22,32-33,44,49H,20-21,43H2,1-5H3/t22-,32-,33?/m1/s1. The second kappa shape index (κ2) is 16.7. The molecule has 3 atom stereocenters. The number of aliphatic hydroxyl groups excluding tert-OH is 1. The predicted molar refractivity (Wildman–Crippen MR) is 201 cm³/mol. The molecule has 19 heteroatoms. The number of sulfone groups is 1. The van der Waals surface area contributed by atoms with Gasteiger partial charge in [-0.2, -0.15) is 18.2 Å². The highest BCUT2D eigenvalue weighted by molar-refractivity contribution is 7.90. The number of alkyl halides is 3. The van der Waals surface area contributed by atoms with Crippen LogP contribution >= 0.6 is 0 Å². The Labute approximate surface area is 325 Å². The molecule has 57 heavy (non-hydrogen) atoms. The normalized spacial score (nSPS) is 13.7. The lowest BCUT2D eigenvalue weighted by Gasteiger charge is -2.25. The van der Waals surface area contributed by atoms with Crippen molar-refractivity contribution in [1.29, 1.82) is 0 Å². The number of carbonyl (C=O) groups excluding carboxylic acids is 2. The molecule has 0 fully saturated rings. The van der Waals surface area contributed by atoms with Crippen molar-refractivity contribution in [1.82, 2.24) is 14.6 Å². The van der Waals surface area contributed by atoms with Crippen LogP contribution < -0.4 is 20.7 Å². The van der Waals surface area contributed by atoms with E-state index in [1.807, 2.05) is 0 Å². The van der Waals surface area contributed by atoms with Crippen molar-refractivity contribution in [2.24, 2.45) is 11.1 Å². The summed E-state index contributed by atoms with van der Waals surface area (Å²) in [6, 6.07) is 17.9. The summed E-state index contributed by atoms with van der Waals surface area (Å²) in [5, 5.41) is 18.1. The molecular weight excluding hydrogens is 777 g/mol. The number of rotatable bonds is 13. The Balaban J connectivity index is 1.45. The molecule has 304 valence electrons. The SMILES string of the molecule is C[C@H](c1ccc(F)cc1)C(O)Nc1ccc(-c2ccc3nc(N(C(=O)OCOC(=O)[C@@H](N)C(C)(C)C)c4ccc(S(C)(=O)=O)cc4OCC(F)(F)F)nn3c2)cc1. The number of carbonyl (C=O) groups is 2. The maximum absolute atomic E-state index is 13.7. The van der Waals surface area contributed by atoms with Crippen LogP contribution in [-0.4, -0.2) is 78.3 Å². The molecule has 14 nitrogen and oxygen atoms in total. The zero-order chi connectivity index (χ0) is 41.9. The van der Waals surface area contributed by atoms with Gasteiger partial charge in [-0.1, -0.05) is 52.0 Å². The van der Waals surface area contributed by atoms with Crippen molar-refractivity contribution in [3.8, 4) is 16.9 Å². The summed E-state index contributed by atoms with van der Waals surface area (Å²) in [5.41, 5.74) is 7.62. The number of pyridine rings is 1. The van der Waals surface area contributed by atoms with E-state index in [1.165, 1.54) is 16.6 Å². The van der Waals surface area contributed by atoms with Gasteiger partial charge in [0.2, 0.25) is 6.79 Å². The van der Waals surface area contributed by atoms with Crippen molar-refractivity contribution in [3.63, 3.8) is 0 Å². The van der Waals surface area contributed by atoms with E-state index in [2.05, 4.69) is 15.4 Å². The van der Waals surface area contributed by atoms with Crippen molar-refractivity contribution >= 4 is 44.9 Å². The molecular formula is C38H40F4N6O8S. The highest BCUT2D eigenvalue weighted by Crippen LogP contribution is 2.37. The Morgan fingerprint density at radius 2 is 1.61 bits per heavy atom. The fourth-order valence-electron chi connectivity index (χ4n) is 5.26. The molecule has 0 aliphatic carbocycles. The Bertz CT molecular complexity index is 2330. The number of nitrogens with one attached hydrogen (secondary N) is 1. The molecule has 0 aliphatic rings. The molecule has 0 bridgehead atoms. The lowest BCUT2D eigenvalue weighted by Crippen LogP contribution is -2.43. The number of benzene rings is 3. The highest BCUT2D eigenvalue weighted by atomic mass is 32.2. The Hall–Kier alpha value is -5.79. The van der Waals surface area contributed by atoms with Gasteiger partial charge in [0.15, 0.2) is 22.1 Å². The van der Waals surface area contributed by atoms with Gasteiger partial charge in [0.05, 0.1) is 10.6 Å². The smallest absolute Gasteiger partial charge is 0.424 e. The van der Waals surface area contributed by atoms with E-state index in [4.69, 9.17) is 19.9 Å². The van der Waals surface area contributed by atoms with Gasteiger partial charge in [-0.05, 0) is 65.1 Å². The largest absolute Gasteiger partial charge is 0.482 e. The van der Waals surface area contributed by atoms with Crippen LogP contribution in [0.2, 0.25) is 0 Å². The Morgan fingerprint density at radius 3 is 2.23 bits per heavy atom. The number of nitrogens with zero attached hydrogens (tertiary/aromatic N) is 4. The van der Waals surface area contributed by atoms with Gasteiger partial charge in [-0.3, -0.25) is 4.79 Å². The Morgan fingerprint density at radius 1 is 0.965 bits per heavy atom. The van der Waals surface area contributed by atoms with E-state index < -0.39 is 81.4 Å². The highest BCUT2D eigenvalue weighted by Gasteiger charge is 2.33. The van der Waals surface area contributed by atoms with Crippen LogP contribution in [0.5, 0.6) is 5.75 Å². The zero-order valence-corrected chi connectivity index (χ0v) is 32.1. The number of halogens is 4. The van der Waals surface area contributed by atoms with E-state index in [-0.39, 0.29) is 17.4 Å². The average Bonchev–Trinajstić information content (AvgIpc) is 3.56. The zero-order valence-electron chi connectivity index (χ0n) is 31.3. The molecule has 4 N–H and O–H groups in total. The number of esters is 1. The maximum atomic E-state index is 13.7. The summed E-state index contributed by atoms with van der Waals surface area (Å²) < 4.78 is 94.5. The number of hydrogen-bond acceptors (Lipinski definition) is 12. The van der Waals surface area contributed by atoms with E-state index in [0.29, 0.717) is 21.7 Å². The van der Waals surface area contributed by atoms with E-state index >= 15 is 0 Å². The minimum atomic E-state index is -4.85. The number of hydrogen-bond donors (Lipinski definition) is 3. The van der Waals surface area contributed by atoms with Crippen LogP contribution in [0.3, 0.4) is 0 Å². The first-order valence-corrected chi connectivity index (χ1v) is 19.1. The predicted octanol–water partition coefficient (Wildman–Crippen LogP) is 6.56. The van der Waals surface area contributed by atoms with Gasteiger partial charge in [-0.15, -0.1) is 5.10 Å². The van der Waals surface area contributed by atoms with E-state index in [9.17, 15) is 40.7 Å².